The van der Waals surface area contributed by atoms with E-state index in [0.29, 0.717) is 5.92 Å². The van der Waals surface area contributed by atoms with E-state index in [2.05, 4.69) is 22.9 Å². The van der Waals surface area contributed by atoms with Gasteiger partial charge in [0.2, 0.25) is 0 Å². The van der Waals surface area contributed by atoms with Gasteiger partial charge in [0.1, 0.15) is 6.29 Å². The molecule has 0 amide bonds. The van der Waals surface area contributed by atoms with Gasteiger partial charge in [0.25, 0.3) is 0 Å². The molecule has 0 aromatic carbocycles. The van der Waals surface area contributed by atoms with Gasteiger partial charge in [0.05, 0.1) is 12.5 Å². The minimum Gasteiger partial charge on any atom is -0.395 e. The molecule has 0 bridgehead atoms. The van der Waals surface area contributed by atoms with Crippen LogP contribution < -0.4 is 0 Å². The third-order valence-corrected chi connectivity index (χ3v) is 3.35. The van der Waals surface area contributed by atoms with E-state index in [1.807, 2.05) is 12.2 Å². The predicted molar refractivity (Wildman–Crippen MR) is 55.5 cm³/mol. The molecule has 1 aliphatic carbocycles. The highest BCUT2D eigenvalue weighted by atomic mass is 79.9. The predicted octanol–water partition coefficient (Wildman–Crippen LogP) is 2.04. The van der Waals surface area contributed by atoms with Crippen molar-refractivity contribution in [3.8, 4) is 0 Å². The Morgan fingerprint density at radius 1 is 1.77 bits per heavy atom. The lowest BCUT2D eigenvalue weighted by molar-refractivity contribution is -0.111. The molecule has 0 saturated carbocycles. The van der Waals surface area contributed by atoms with Crippen LogP contribution in [0.4, 0.5) is 0 Å². The van der Waals surface area contributed by atoms with Gasteiger partial charge in [-0.05, 0) is 16.8 Å². The van der Waals surface area contributed by atoms with Crippen LogP contribution in [-0.4, -0.2) is 18.0 Å². The molecule has 0 aliphatic heterocycles. The molecule has 0 aromatic heterocycles. The van der Waals surface area contributed by atoms with Gasteiger partial charge in [-0.3, -0.25) is 0 Å². The quantitative estimate of drug-likeness (QED) is 0.772. The van der Waals surface area contributed by atoms with E-state index in [1.165, 1.54) is 0 Å². The monoisotopic (exact) mass is 244 g/mol. The van der Waals surface area contributed by atoms with Gasteiger partial charge >= 0.3 is 0 Å². The minimum absolute atomic E-state index is 0.0898. The zero-order chi connectivity index (χ0) is 9.84. The summed E-state index contributed by atoms with van der Waals surface area (Å²) in [6.07, 6.45) is 5.53. The molecule has 0 spiro atoms. The van der Waals surface area contributed by atoms with Crippen LogP contribution in [0.25, 0.3) is 0 Å². The van der Waals surface area contributed by atoms with Gasteiger partial charge in [-0.1, -0.05) is 40.6 Å². The molecule has 0 fully saturated rings. The van der Waals surface area contributed by atoms with Crippen molar-refractivity contribution in [2.75, 3.05) is 6.61 Å². The Morgan fingerprint density at radius 2 is 2.46 bits per heavy atom. The summed E-state index contributed by atoms with van der Waals surface area (Å²) in [6, 6.07) is 0. The third-order valence-electron chi connectivity index (χ3n) is 2.31. The van der Waals surface area contributed by atoms with E-state index >= 15 is 0 Å². The number of carbonyl (C=O) groups is 1. The number of halogens is 1. The topological polar surface area (TPSA) is 37.3 Å². The van der Waals surface area contributed by atoms with Gasteiger partial charge < -0.3 is 9.90 Å². The lowest BCUT2D eigenvalue weighted by Crippen LogP contribution is -2.15. The third kappa shape index (κ3) is 2.51. The van der Waals surface area contributed by atoms with Crippen LogP contribution >= 0.6 is 15.9 Å². The van der Waals surface area contributed by atoms with Crippen molar-refractivity contribution >= 4 is 22.2 Å². The van der Waals surface area contributed by atoms with Crippen molar-refractivity contribution in [2.45, 2.75) is 13.3 Å². The van der Waals surface area contributed by atoms with Crippen LogP contribution in [0.3, 0.4) is 0 Å². The first kappa shape index (κ1) is 10.7. The molecule has 1 N–H and O–H groups in total. The van der Waals surface area contributed by atoms with Crippen LogP contribution in [0.15, 0.2) is 22.2 Å². The second-order valence-electron chi connectivity index (χ2n) is 3.32. The Morgan fingerprint density at radius 3 is 2.92 bits per heavy atom. The lowest BCUT2D eigenvalue weighted by atomic mass is 9.88. The van der Waals surface area contributed by atoms with E-state index in [-0.39, 0.29) is 12.5 Å². The number of carbonyl (C=O) groups excluding carboxylic acids is 1. The summed E-state index contributed by atoms with van der Waals surface area (Å²) < 4.78 is 1.15. The molecule has 1 aliphatic rings. The highest BCUT2D eigenvalue weighted by molar-refractivity contribution is 9.11. The molecule has 0 saturated heterocycles. The van der Waals surface area contributed by atoms with Gasteiger partial charge in [0.15, 0.2) is 0 Å². The number of aldehydes is 1. The van der Waals surface area contributed by atoms with Gasteiger partial charge in [-0.2, -0.15) is 0 Å². The Hall–Kier alpha value is -0.410. The van der Waals surface area contributed by atoms with Crippen LogP contribution in [0.5, 0.6) is 0 Å². The summed E-state index contributed by atoms with van der Waals surface area (Å²) in [4.78, 5) is 10.6. The fraction of sp³-hybridized carbons (Fsp3) is 0.500. The van der Waals surface area contributed by atoms with Crippen molar-refractivity contribution in [1.82, 2.24) is 0 Å². The molecule has 0 aromatic rings. The Labute approximate surface area is 86.5 Å². The molecular formula is C10H13BrO2. The number of aliphatic hydroxyl groups is 1. The number of hydrogen-bond acceptors (Lipinski definition) is 2. The van der Waals surface area contributed by atoms with Crippen LogP contribution in [0.2, 0.25) is 0 Å². The number of aliphatic hydroxyl groups excluding tert-OH is 1. The molecule has 0 radical (unpaired) electrons. The molecule has 2 unspecified atom stereocenters. The Balaban J connectivity index is 2.77. The highest BCUT2D eigenvalue weighted by Crippen LogP contribution is 2.31. The summed E-state index contributed by atoms with van der Waals surface area (Å²) >= 11 is 3.44. The largest absolute Gasteiger partial charge is 0.395 e. The van der Waals surface area contributed by atoms with Crippen LogP contribution in [-0.2, 0) is 4.79 Å². The van der Waals surface area contributed by atoms with Gasteiger partial charge in [-0.15, -0.1) is 0 Å². The van der Waals surface area contributed by atoms with Crippen molar-refractivity contribution in [2.24, 2.45) is 11.8 Å². The SMILES string of the molecule is CC1CC(C(C=O)CO)=CC=C1Br. The van der Waals surface area contributed by atoms with E-state index < -0.39 is 0 Å². The summed E-state index contributed by atoms with van der Waals surface area (Å²) in [5.41, 5.74) is 1.02. The maximum atomic E-state index is 10.6. The molecule has 1 rings (SSSR count). The molecular weight excluding hydrogens is 232 g/mol. The van der Waals surface area contributed by atoms with E-state index in [1.54, 1.807) is 0 Å². The second-order valence-corrected chi connectivity index (χ2v) is 4.24. The minimum atomic E-state index is -0.320. The van der Waals surface area contributed by atoms with Crippen molar-refractivity contribution < 1.29 is 9.90 Å². The number of hydrogen-bond donors (Lipinski definition) is 1. The Bertz CT molecular complexity index is 256. The maximum Gasteiger partial charge on any atom is 0.129 e. The average Bonchev–Trinajstić information content (AvgIpc) is 2.13. The van der Waals surface area contributed by atoms with Crippen molar-refractivity contribution in [1.29, 1.82) is 0 Å². The van der Waals surface area contributed by atoms with Crippen LogP contribution in [0.1, 0.15) is 13.3 Å². The number of allylic oxidation sites excluding steroid dienone is 3. The summed E-state index contributed by atoms with van der Waals surface area (Å²) in [6.45, 7) is 2.00. The zero-order valence-electron chi connectivity index (χ0n) is 7.53. The summed E-state index contributed by atoms with van der Waals surface area (Å²) in [5, 5.41) is 8.93. The van der Waals surface area contributed by atoms with Crippen LogP contribution in [0, 0.1) is 11.8 Å². The first-order valence-corrected chi connectivity index (χ1v) is 5.10. The molecule has 72 valence electrons. The summed E-state index contributed by atoms with van der Waals surface area (Å²) in [5.74, 6) is 0.0910. The molecule has 2 atom stereocenters. The van der Waals surface area contributed by atoms with E-state index in [4.69, 9.17) is 5.11 Å². The maximum absolute atomic E-state index is 10.6. The first-order valence-electron chi connectivity index (χ1n) is 4.31. The smallest absolute Gasteiger partial charge is 0.129 e. The summed E-state index contributed by atoms with van der Waals surface area (Å²) in [7, 11) is 0. The normalized spacial score (nSPS) is 24.7. The first-order chi connectivity index (χ1) is 6.19. The fourth-order valence-corrected chi connectivity index (χ4v) is 1.69. The van der Waals surface area contributed by atoms with Gasteiger partial charge in [0, 0.05) is 0 Å². The molecule has 13 heavy (non-hydrogen) atoms. The zero-order valence-corrected chi connectivity index (χ0v) is 9.12. The van der Waals surface area contributed by atoms with Gasteiger partial charge in [-0.25, -0.2) is 0 Å². The second kappa shape index (κ2) is 4.72. The molecule has 2 nitrogen and oxygen atoms in total. The van der Waals surface area contributed by atoms with E-state index in [0.717, 1.165) is 22.8 Å². The molecule has 0 heterocycles. The Kier molecular flexibility index (Phi) is 3.88. The standard InChI is InChI=1S/C10H13BrO2/c1-7-4-8(2-3-10(7)11)9(5-12)6-13/h2-3,5,7,9,13H,4,6H2,1H3. The van der Waals surface area contributed by atoms with Crippen molar-refractivity contribution in [3.63, 3.8) is 0 Å². The van der Waals surface area contributed by atoms with E-state index in [9.17, 15) is 4.79 Å². The molecule has 3 heteroatoms. The number of rotatable bonds is 3. The van der Waals surface area contributed by atoms with Crippen molar-refractivity contribution in [3.05, 3.63) is 22.2 Å². The lowest BCUT2D eigenvalue weighted by Gasteiger charge is -2.20. The average molecular weight is 245 g/mol. The fourth-order valence-electron chi connectivity index (χ4n) is 1.39. The highest BCUT2D eigenvalue weighted by Gasteiger charge is 2.19.